The van der Waals surface area contributed by atoms with Gasteiger partial charge in [-0.15, -0.1) is 0 Å². The molecule has 1 atom stereocenters. The Hall–Kier alpha value is -3.09. The number of ether oxygens (including phenoxy) is 1. The molecule has 1 unspecified atom stereocenters. The summed E-state index contributed by atoms with van der Waals surface area (Å²) in [5.41, 5.74) is 1.66. The second-order valence-corrected chi connectivity index (χ2v) is 6.25. The van der Waals surface area contributed by atoms with E-state index in [0.29, 0.717) is 36.9 Å². The van der Waals surface area contributed by atoms with Gasteiger partial charge in [0.2, 0.25) is 0 Å². The molecule has 28 heavy (non-hydrogen) atoms. The van der Waals surface area contributed by atoms with Crippen LogP contribution >= 0.6 is 0 Å². The fraction of sp³-hybridized carbons (Fsp3) is 0.333. The second kappa shape index (κ2) is 10.9. The fourth-order valence-corrected chi connectivity index (χ4v) is 2.50. The maximum absolute atomic E-state index is 13.2. The van der Waals surface area contributed by atoms with Crippen LogP contribution in [0.5, 0.6) is 5.75 Å². The highest BCUT2D eigenvalue weighted by atomic mass is 19.1. The average molecular weight is 386 g/mol. The number of aliphatic imine (C=N–C) groups is 1. The van der Waals surface area contributed by atoms with Crippen LogP contribution in [0.15, 0.2) is 53.5 Å². The van der Waals surface area contributed by atoms with Crippen molar-refractivity contribution in [1.29, 1.82) is 0 Å². The summed E-state index contributed by atoms with van der Waals surface area (Å²) in [5, 5.41) is 9.16. The summed E-state index contributed by atoms with van der Waals surface area (Å²) in [4.78, 5) is 16.0. The zero-order chi connectivity index (χ0) is 20.4. The molecule has 3 N–H and O–H groups in total. The highest BCUT2D eigenvalue weighted by Gasteiger charge is 2.07. The Morgan fingerprint density at radius 3 is 2.54 bits per heavy atom. The van der Waals surface area contributed by atoms with Crippen molar-refractivity contribution in [2.24, 2.45) is 4.99 Å². The number of benzene rings is 2. The van der Waals surface area contributed by atoms with E-state index >= 15 is 0 Å². The molecule has 1 amide bonds. The summed E-state index contributed by atoms with van der Waals surface area (Å²) in [6.07, 6.45) is -0.170. The molecule has 150 valence electrons. The largest absolute Gasteiger partial charge is 0.489 e. The smallest absolute Gasteiger partial charge is 0.251 e. The second-order valence-electron chi connectivity index (χ2n) is 6.25. The predicted octanol–water partition coefficient (Wildman–Crippen LogP) is 2.71. The minimum atomic E-state index is -0.326. The van der Waals surface area contributed by atoms with E-state index in [1.807, 2.05) is 26.0 Å². The molecule has 0 bridgehead atoms. The molecule has 0 radical (unpaired) electrons. The number of amides is 1. The molecule has 2 aromatic carbocycles. The molecular formula is C21H27FN4O2. The van der Waals surface area contributed by atoms with Crippen LogP contribution in [0.1, 0.15) is 29.8 Å². The first-order chi connectivity index (χ1) is 13.5. The summed E-state index contributed by atoms with van der Waals surface area (Å²) in [6, 6.07) is 13.5. The van der Waals surface area contributed by atoms with Crippen LogP contribution in [0.3, 0.4) is 0 Å². The third-order valence-electron chi connectivity index (χ3n) is 3.93. The van der Waals surface area contributed by atoms with Crippen LogP contribution in [0, 0.1) is 5.82 Å². The highest BCUT2D eigenvalue weighted by Crippen LogP contribution is 2.13. The van der Waals surface area contributed by atoms with Crippen LogP contribution in [-0.4, -0.2) is 38.1 Å². The van der Waals surface area contributed by atoms with Gasteiger partial charge in [0, 0.05) is 31.8 Å². The van der Waals surface area contributed by atoms with E-state index in [1.54, 1.807) is 31.3 Å². The number of nitrogens with one attached hydrogen (secondary N) is 3. The van der Waals surface area contributed by atoms with Crippen LogP contribution in [0.4, 0.5) is 4.39 Å². The number of hydrogen-bond donors (Lipinski definition) is 3. The minimum Gasteiger partial charge on any atom is -0.489 e. The van der Waals surface area contributed by atoms with Crippen molar-refractivity contribution in [3.63, 3.8) is 0 Å². The normalized spacial score (nSPS) is 12.2. The molecule has 0 aliphatic heterocycles. The molecule has 6 nitrogen and oxygen atoms in total. The first kappa shape index (κ1) is 21.2. The molecule has 0 spiro atoms. The molecule has 0 saturated carbocycles. The van der Waals surface area contributed by atoms with Gasteiger partial charge in [-0.2, -0.15) is 0 Å². The van der Waals surface area contributed by atoms with Crippen molar-refractivity contribution >= 4 is 11.9 Å². The lowest BCUT2D eigenvalue weighted by molar-refractivity contribution is 0.0956. The first-order valence-corrected chi connectivity index (χ1v) is 9.25. The van der Waals surface area contributed by atoms with E-state index in [4.69, 9.17) is 4.74 Å². The predicted molar refractivity (Wildman–Crippen MR) is 109 cm³/mol. The van der Waals surface area contributed by atoms with Gasteiger partial charge in [-0.1, -0.05) is 18.2 Å². The van der Waals surface area contributed by atoms with E-state index in [9.17, 15) is 9.18 Å². The Labute approximate surface area is 165 Å². The van der Waals surface area contributed by atoms with E-state index in [-0.39, 0.29) is 17.8 Å². The van der Waals surface area contributed by atoms with E-state index in [2.05, 4.69) is 20.9 Å². The van der Waals surface area contributed by atoms with Crippen LogP contribution in [0.2, 0.25) is 0 Å². The van der Waals surface area contributed by atoms with E-state index in [1.165, 1.54) is 12.1 Å². The van der Waals surface area contributed by atoms with E-state index in [0.717, 1.165) is 5.56 Å². The lowest BCUT2D eigenvalue weighted by Crippen LogP contribution is -2.41. The maximum Gasteiger partial charge on any atom is 0.251 e. The number of halogens is 1. The quantitative estimate of drug-likeness (QED) is 0.482. The zero-order valence-electron chi connectivity index (χ0n) is 16.5. The highest BCUT2D eigenvalue weighted by molar-refractivity contribution is 5.94. The SMILES string of the molecule is CCNC(=O)c1ccc(CNC(=NC)NCC(C)Oc2cccc(F)c2)cc1. The molecule has 0 saturated heterocycles. The van der Waals surface area contributed by atoms with Gasteiger partial charge in [0.25, 0.3) is 5.91 Å². The van der Waals surface area contributed by atoms with E-state index < -0.39 is 0 Å². The number of carbonyl (C=O) groups is 1. The number of nitrogens with zero attached hydrogens (tertiary/aromatic N) is 1. The van der Waals surface area contributed by atoms with Gasteiger partial charge in [-0.25, -0.2) is 4.39 Å². The molecule has 2 rings (SSSR count). The van der Waals surface area contributed by atoms with Gasteiger partial charge >= 0.3 is 0 Å². The van der Waals surface area contributed by atoms with Gasteiger partial charge in [0.15, 0.2) is 5.96 Å². The van der Waals surface area contributed by atoms with Crippen molar-refractivity contribution in [2.75, 3.05) is 20.1 Å². The van der Waals surface area contributed by atoms with Gasteiger partial charge in [0.1, 0.15) is 17.7 Å². The number of guanidine groups is 1. The first-order valence-electron chi connectivity index (χ1n) is 9.25. The third-order valence-corrected chi connectivity index (χ3v) is 3.93. The zero-order valence-corrected chi connectivity index (χ0v) is 16.5. The minimum absolute atomic E-state index is 0.0771. The third kappa shape index (κ3) is 6.90. The molecule has 0 aromatic heterocycles. The molecule has 0 aliphatic carbocycles. The van der Waals surface area contributed by atoms with Crippen molar-refractivity contribution in [1.82, 2.24) is 16.0 Å². The summed E-state index contributed by atoms with van der Waals surface area (Å²) >= 11 is 0. The van der Waals surface area contributed by atoms with Gasteiger partial charge in [-0.05, 0) is 43.7 Å². The lowest BCUT2D eigenvalue weighted by Gasteiger charge is -2.18. The van der Waals surface area contributed by atoms with Crippen molar-refractivity contribution in [2.45, 2.75) is 26.5 Å². The van der Waals surface area contributed by atoms with Crippen LogP contribution < -0.4 is 20.7 Å². The molecule has 2 aromatic rings. The van der Waals surface area contributed by atoms with Crippen LogP contribution in [-0.2, 0) is 6.54 Å². The van der Waals surface area contributed by atoms with Gasteiger partial charge in [-0.3, -0.25) is 9.79 Å². The number of carbonyl (C=O) groups excluding carboxylic acids is 1. The number of rotatable bonds is 8. The Kier molecular flexibility index (Phi) is 8.27. The molecule has 7 heteroatoms. The standard InChI is InChI=1S/C21H27FN4O2/c1-4-24-20(27)17-10-8-16(9-11-17)14-26-21(23-3)25-13-15(2)28-19-7-5-6-18(22)12-19/h5-12,15H,4,13-14H2,1-3H3,(H,24,27)(H2,23,25,26). The maximum atomic E-state index is 13.2. The lowest BCUT2D eigenvalue weighted by atomic mass is 10.1. The average Bonchev–Trinajstić information content (AvgIpc) is 2.68. The number of hydrogen-bond acceptors (Lipinski definition) is 3. The fourth-order valence-electron chi connectivity index (χ4n) is 2.50. The van der Waals surface area contributed by atoms with Gasteiger partial charge in [0.05, 0.1) is 6.54 Å². The van der Waals surface area contributed by atoms with Crippen molar-refractivity contribution < 1.29 is 13.9 Å². The Bertz CT molecular complexity index is 793. The molecule has 0 heterocycles. The van der Waals surface area contributed by atoms with Gasteiger partial charge < -0.3 is 20.7 Å². The Balaban J connectivity index is 1.78. The summed E-state index contributed by atoms with van der Waals surface area (Å²) in [7, 11) is 1.69. The summed E-state index contributed by atoms with van der Waals surface area (Å²) in [5.74, 6) is 0.715. The molecule has 0 fully saturated rings. The monoisotopic (exact) mass is 386 g/mol. The van der Waals surface area contributed by atoms with Crippen molar-refractivity contribution in [3.05, 3.63) is 65.5 Å². The summed E-state index contributed by atoms with van der Waals surface area (Å²) < 4.78 is 18.9. The Morgan fingerprint density at radius 2 is 1.89 bits per heavy atom. The van der Waals surface area contributed by atoms with Crippen molar-refractivity contribution in [3.8, 4) is 5.75 Å². The topological polar surface area (TPSA) is 74.8 Å². The summed E-state index contributed by atoms with van der Waals surface area (Å²) in [6.45, 7) is 5.45. The molecule has 0 aliphatic rings. The Morgan fingerprint density at radius 1 is 1.14 bits per heavy atom. The van der Waals surface area contributed by atoms with Crippen LogP contribution in [0.25, 0.3) is 0 Å². The molecular weight excluding hydrogens is 359 g/mol.